The number of nitrogens with zero attached hydrogens (tertiary/aromatic N) is 3. The second-order valence-corrected chi connectivity index (χ2v) is 4.94. The van der Waals surface area contributed by atoms with Gasteiger partial charge in [-0.05, 0) is 10.9 Å². The molecule has 1 heterocycles. The molecule has 15 heavy (non-hydrogen) atoms. The summed E-state index contributed by atoms with van der Waals surface area (Å²) in [6.45, 7) is 0. The van der Waals surface area contributed by atoms with Gasteiger partial charge in [-0.15, -0.1) is 0 Å². The fourth-order valence-corrected chi connectivity index (χ4v) is 1.62. The molecule has 2 aromatic rings. The number of rotatable bonds is 1. The predicted molar refractivity (Wildman–Crippen MR) is 51.6 cm³/mol. The maximum Gasteiger partial charge on any atom is 0.314 e. The molecule has 0 saturated carbocycles. The van der Waals surface area contributed by atoms with Crippen molar-refractivity contribution in [3.8, 4) is 0 Å². The minimum atomic E-state index is -3.56. The van der Waals surface area contributed by atoms with Crippen molar-refractivity contribution in [2.45, 2.75) is 5.16 Å². The number of aromatic nitrogens is 3. The van der Waals surface area contributed by atoms with E-state index in [2.05, 4.69) is 10.1 Å². The molecular weight excluding hydrogens is 218 g/mol. The quantitative estimate of drug-likeness (QED) is 0.489. The van der Waals surface area contributed by atoms with E-state index in [9.17, 15) is 13.6 Å². The molecular formula is C8H7N3O3S. The Morgan fingerprint density at radius 1 is 1.33 bits per heavy atom. The Morgan fingerprint density at radius 3 is 2.67 bits per heavy atom. The van der Waals surface area contributed by atoms with Crippen molar-refractivity contribution in [3.05, 3.63) is 29.5 Å². The summed E-state index contributed by atoms with van der Waals surface area (Å²) < 4.78 is 22.3. The van der Waals surface area contributed by atoms with Crippen LogP contribution in [-0.4, -0.2) is 24.8 Å². The van der Waals surface area contributed by atoms with Gasteiger partial charge >= 0.3 is 5.16 Å². The van der Waals surface area contributed by atoms with E-state index in [1.807, 2.05) is 0 Å². The van der Waals surface area contributed by atoms with Gasteiger partial charge in [0.05, 0.1) is 0 Å². The van der Waals surface area contributed by atoms with Gasteiger partial charge in [0.15, 0.2) is 0 Å². The van der Waals surface area contributed by atoms with E-state index in [1.54, 1.807) is 18.2 Å². The molecule has 0 amide bonds. The van der Waals surface area contributed by atoms with Crippen LogP contribution in [-0.2, 0) is 9.84 Å². The number of fused-ring (bicyclic) bond motifs is 1. The third-order valence-electron chi connectivity index (χ3n) is 1.81. The largest absolute Gasteiger partial charge is 0.594 e. The maximum atomic E-state index is 11.3. The molecule has 0 radical (unpaired) electrons. The van der Waals surface area contributed by atoms with Crippen LogP contribution in [0.2, 0.25) is 0 Å². The summed E-state index contributed by atoms with van der Waals surface area (Å²) in [6, 6.07) is 6.40. The van der Waals surface area contributed by atoms with Crippen molar-refractivity contribution < 1.29 is 13.3 Å². The van der Waals surface area contributed by atoms with E-state index in [4.69, 9.17) is 0 Å². The van der Waals surface area contributed by atoms with Gasteiger partial charge in [-0.2, -0.15) is 0 Å². The van der Waals surface area contributed by atoms with Gasteiger partial charge in [-0.1, -0.05) is 12.1 Å². The lowest BCUT2D eigenvalue weighted by Crippen LogP contribution is -2.34. The average molecular weight is 225 g/mol. The molecule has 78 valence electrons. The van der Waals surface area contributed by atoms with Crippen molar-refractivity contribution in [2.24, 2.45) is 0 Å². The van der Waals surface area contributed by atoms with Gasteiger partial charge in [0.1, 0.15) is 5.52 Å². The minimum absolute atomic E-state index is 0.241. The summed E-state index contributed by atoms with van der Waals surface area (Å²) in [5, 5.41) is 14.2. The zero-order chi connectivity index (χ0) is 11.1. The Balaban J connectivity index is 2.85. The zero-order valence-corrected chi connectivity index (χ0v) is 8.60. The number of hydrogen-bond acceptors (Lipinski definition) is 5. The lowest BCUT2D eigenvalue weighted by molar-refractivity contribution is -0.647. The van der Waals surface area contributed by atoms with Crippen LogP contribution in [0.5, 0.6) is 0 Å². The lowest BCUT2D eigenvalue weighted by atomic mass is 10.3. The van der Waals surface area contributed by atoms with Crippen LogP contribution in [0.15, 0.2) is 29.4 Å². The van der Waals surface area contributed by atoms with E-state index in [-0.39, 0.29) is 10.4 Å². The molecule has 0 aliphatic rings. The topological polar surface area (TPSA) is 86.9 Å². The van der Waals surface area contributed by atoms with Crippen molar-refractivity contribution >= 4 is 20.9 Å². The van der Waals surface area contributed by atoms with Crippen molar-refractivity contribution in [1.82, 2.24) is 10.1 Å². The number of hydrogen-bond donors (Lipinski definition) is 0. The zero-order valence-electron chi connectivity index (χ0n) is 7.78. The van der Waals surface area contributed by atoms with Crippen LogP contribution in [0.3, 0.4) is 0 Å². The first-order valence-electron chi connectivity index (χ1n) is 4.05. The molecule has 7 heteroatoms. The van der Waals surface area contributed by atoms with Crippen LogP contribution >= 0.6 is 0 Å². The first-order chi connectivity index (χ1) is 6.98. The van der Waals surface area contributed by atoms with Gasteiger partial charge in [0, 0.05) is 17.4 Å². The Bertz CT molecular complexity index is 624. The molecule has 2 rings (SSSR count). The first-order valence-corrected chi connectivity index (χ1v) is 5.94. The standard InChI is InChI=1S/C8H7N3O3S/c1-15(13,14)8-9-6-4-2-3-5-7(6)11(12)10-8/h2-5H,1H3. The van der Waals surface area contributed by atoms with Gasteiger partial charge < -0.3 is 5.21 Å². The highest BCUT2D eigenvalue weighted by molar-refractivity contribution is 7.90. The fraction of sp³-hybridized carbons (Fsp3) is 0.125. The van der Waals surface area contributed by atoms with Crippen LogP contribution in [0.4, 0.5) is 0 Å². The highest BCUT2D eigenvalue weighted by Crippen LogP contribution is 2.07. The first kappa shape index (κ1) is 9.78. The van der Waals surface area contributed by atoms with Crippen molar-refractivity contribution in [2.75, 3.05) is 6.26 Å². The molecule has 0 N–H and O–H groups in total. The van der Waals surface area contributed by atoms with E-state index < -0.39 is 15.0 Å². The third-order valence-corrected chi connectivity index (χ3v) is 2.65. The van der Waals surface area contributed by atoms with E-state index in [1.165, 1.54) is 6.07 Å². The number of benzene rings is 1. The Hall–Kier alpha value is -1.76. The minimum Gasteiger partial charge on any atom is -0.594 e. The second-order valence-electron chi connectivity index (χ2n) is 3.03. The highest BCUT2D eigenvalue weighted by Gasteiger charge is 2.18. The van der Waals surface area contributed by atoms with Gasteiger partial charge in [0.2, 0.25) is 9.84 Å². The second kappa shape index (κ2) is 3.13. The summed E-state index contributed by atoms with van der Waals surface area (Å²) in [5.41, 5.74) is 0.549. The molecule has 0 aliphatic heterocycles. The molecule has 0 atom stereocenters. The number of para-hydroxylation sites is 2. The third kappa shape index (κ3) is 1.73. The smallest absolute Gasteiger partial charge is 0.314 e. The molecule has 0 bridgehead atoms. The molecule has 1 aromatic heterocycles. The summed E-state index contributed by atoms with van der Waals surface area (Å²) in [6.07, 6.45) is 0.955. The summed E-state index contributed by atoms with van der Waals surface area (Å²) in [4.78, 5) is 4.05. The summed E-state index contributed by atoms with van der Waals surface area (Å²) in [7, 11) is -3.56. The lowest BCUT2D eigenvalue weighted by Gasteiger charge is -1.99. The highest BCUT2D eigenvalue weighted by atomic mass is 32.2. The molecule has 6 nitrogen and oxygen atoms in total. The van der Waals surface area contributed by atoms with E-state index >= 15 is 0 Å². The van der Waals surface area contributed by atoms with Crippen LogP contribution in [0, 0.1) is 5.21 Å². The molecule has 0 aliphatic carbocycles. The fourth-order valence-electron chi connectivity index (χ4n) is 1.13. The van der Waals surface area contributed by atoms with Crippen LogP contribution in [0.25, 0.3) is 11.0 Å². The monoisotopic (exact) mass is 225 g/mol. The predicted octanol–water partition coefficient (Wildman–Crippen LogP) is -0.333. The van der Waals surface area contributed by atoms with Crippen molar-refractivity contribution in [3.63, 3.8) is 0 Å². The summed E-state index contributed by atoms with van der Waals surface area (Å²) in [5.74, 6) is 0. The molecule has 0 unspecified atom stereocenters. The average Bonchev–Trinajstić information content (AvgIpc) is 2.16. The molecule has 1 aromatic carbocycles. The number of sulfone groups is 1. The Kier molecular flexibility index (Phi) is 2.04. The summed E-state index contributed by atoms with van der Waals surface area (Å²) >= 11 is 0. The maximum absolute atomic E-state index is 11.3. The van der Waals surface area contributed by atoms with Gasteiger partial charge in [0.25, 0.3) is 5.52 Å². The Morgan fingerprint density at radius 2 is 2.00 bits per heavy atom. The SMILES string of the molecule is CS(=O)(=O)c1nc2ccccc2[n+]([O-])n1. The Labute approximate surface area is 85.7 Å². The van der Waals surface area contributed by atoms with Gasteiger partial charge in [-0.3, -0.25) is 0 Å². The normalized spacial score (nSPS) is 11.8. The van der Waals surface area contributed by atoms with Gasteiger partial charge in [-0.25, -0.2) is 13.4 Å². The van der Waals surface area contributed by atoms with E-state index in [0.717, 1.165) is 6.26 Å². The van der Waals surface area contributed by atoms with Crippen LogP contribution in [0.1, 0.15) is 0 Å². The molecule has 0 fully saturated rings. The van der Waals surface area contributed by atoms with Crippen molar-refractivity contribution in [1.29, 1.82) is 0 Å². The molecule has 0 spiro atoms. The van der Waals surface area contributed by atoms with Crippen LogP contribution < -0.4 is 4.85 Å². The van der Waals surface area contributed by atoms with E-state index in [0.29, 0.717) is 5.52 Å². The molecule has 0 saturated heterocycles.